The highest BCUT2D eigenvalue weighted by Gasteiger charge is 2.16. The van der Waals surface area contributed by atoms with Gasteiger partial charge in [-0.15, -0.1) is 0 Å². The summed E-state index contributed by atoms with van der Waals surface area (Å²) in [5.41, 5.74) is 4.42. The summed E-state index contributed by atoms with van der Waals surface area (Å²) in [7, 11) is 0. The van der Waals surface area contributed by atoms with Crippen LogP contribution in [0.25, 0.3) is 16.7 Å². The molecular formula is C20H21N3. The summed E-state index contributed by atoms with van der Waals surface area (Å²) < 4.78 is 2.21. The van der Waals surface area contributed by atoms with Crippen molar-refractivity contribution in [2.45, 2.75) is 32.6 Å². The fourth-order valence-corrected chi connectivity index (χ4v) is 3.44. The van der Waals surface area contributed by atoms with Crippen molar-refractivity contribution in [3.63, 3.8) is 0 Å². The van der Waals surface area contributed by atoms with Crippen molar-refractivity contribution >= 4 is 16.7 Å². The number of hydrogen-bond donors (Lipinski definition) is 0. The molecule has 0 aromatic carbocycles. The fraction of sp³-hybridized carbons (Fsp3) is 0.300. The Bertz CT molecular complexity index is 837. The third-order valence-electron chi connectivity index (χ3n) is 4.71. The Labute approximate surface area is 136 Å². The maximum Gasteiger partial charge on any atom is 0.144 e. The highest BCUT2D eigenvalue weighted by atomic mass is 15.0. The van der Waals surface area contributed by atoms with E-state index >= 15 is 0 Å². The summed E-state index contributed by atoms with van der Waals surface area (Å²) >= 11 is 0. The summed E-state index contributed by atoms with van der Waals surface area (Å²) in [5.74, 6) is 0.660. The molecule has 116 valence electrons. The molecule has 3 nitrogen and oxygen atoms in total. The number of nitrogens with zero attached hydrogens (tertiary/aromatic N) is 3. The topological polar surface area (TPSA) is 30.7 Å². The van der Waals surface area contributed by atoms with Gasteiger partial charge in [0.2, 0.25) is 0 Å². The van der Waals surface area contributed by atoms with Gasteiger partial charge < -0.3 is 4.57 Å². The van der Waals surface area contributed by atoms with Crippen LogP contribution in [0.3, 0.4) is 0 Å². The van der Waals surface area contributed by atoms with Gasteiger partial charge in [0.05, 0.1) is 5.70 Å². The van der Waals surface area contributed by atoms with E-state index in [-0.39, 0.29) is 0 Å². The van der Waals surface area contributed by atoms with Crippen molar-refractivity contribution in [3.8, 4) is 0 Å². The molecule has 3 heterocycles. The molecule has 1 saturated carbocycles. The predicted molar refractivity (Wildman–Crippen MR) is 94.0 cm³/mol. The van der Waals surface area contributed by atoms with Crippen molar-refractivity contribution in [3.05, 3.63) is 66.3 Å². The van der Waals surface area contributed by atoms with Gasteiger partial charge >= 0.3 is 0 Å². The van der Waals surface area contributed by atoms with Crippen molar-refractivity contribution < 1.29 is 0 Å². The Kier molecular flexibility index (Phi) is 3.70. The molecule has 4 rings (SSSR count). The van der Waals surface area contributed by atoms with Gasteiger partial charge in [0, 0.05) is 35.2 Å². The van der Waals surface area contributed by atoms with Crippen LogP contribution in [-0.2, 0) is 0 Å². The zero-order chi connectivity index (χ0) is 15.6. The Hall–Kier alpha value is -2.42. The minimum atomic E-state index is 0.660. The summed E-state index contributed by atoms with van der Waals surface area (Å²) in [4.78, 5) is 9.07. The molecule has 0 spiro atoms. The van der Waals surface area contributed by atoms with Gasteiger partial charge in [-0.2, -0.15) is 0 Å². The molecule has 1 fully saturated rings. The maximum atomic E-state index is 4.58. The van der Waals surface area contributed by atoms with Crippen LogP contribution >= 0.6 is 0 Å². The van der Waals surface area contributed by atoms with Gasteiger partial charge in [-0.05, 0) is 56.0 Å². The number of rotatable bonds is 3. The van der Waals surface area contributed by atoms with Gasteiger partial charge in [-0.25, -0.2) is 4.98 Å². The summed E-state index contributed by atoms with van der Waals surface area (Å²) in [6, 6.07) is 10.5. The first-order chi connectivity index (χ1) is 11.3. The molecule has 1 aliphatic carbocycles. The lowest BCUT2D eigenvalue weighted by atomic mass is 10.0. The van der Waals surface area contributed by atoms with Crippen LogP contribution in [-0.4, -0.2) is 14.5 Å². The SMILES string of the molecule is Cc1ccc(C(=CC2CCCC2)n2ccc3cccnc32)cn1. The molecule has 0 saturated heterocycles. The quantitative estimate of drug-likeness (QED) is 0.694. The molecule has 3 heteroatoms. The molecule has 0 bridgehead atoms. The molecule has 0 amide bonds. The Morgan fingerprint density at radius 2 is 2.00 bits per heavy atom. The van der Waals surface area contributed by atoms with E-state index in [4.69, 9.17) is 0 Å². The lowest BCUT2D eigenvalue weighted by molar-refractivity contribution is 0.684. The van der Waals surface area contributed by atoms with E-state index in [0.717, 1.165) is 16.9 Å². The third-order valence-corrected chi connectivity index (χ3v) is 4.71. The Morgan fingerprint density at radius 1 is 1.13 bits per heavy atom. The summed E-state index contributed by atoms with van der Waals surface area (Å²) in [6.45, 7) is 2.02. The number of aromatic nitrogens is 3. The van der Waals surface area contributed by atoms with E-state index in [1.165, 1.54) is 36.8 Å². The molecule has 0 radical (unpaired) electrons. The minimum Gasteiger partial charge on any atom is -0.301 e. The zero-order valence-corrected chi connectivity index (χ0v) is 13.4. The molecule has 3 aromatic rings. The second-order valence-corrected chi connectivity index (χ2v) is 6.39. The van der Waals surface area contributed by atoms with Crippen molar-refractivity contribution in [1.29, 1.82) is 0 Å². The molecule has 1 aliphatic rings. The first kappa shape index (κ1) is 14.2. The van der Waals surface area contributed by atoms with Gasteiger partial charge in [0.1, 0.15) is 5.65 Å². The maximum absolute atomic E-state index is 4.58. The van der Waals surface area contributed by atoms with Gasteiger partial charge in [0.15, 0.2) is 0 Å². The molecule has 3 aromatic heterocycles. The van der Waals surface area contributed by atoms with Crippen LogP contribution in [0.5, 0.6) is 0 Å². The van der Waals surface area contributed by atoms with Crippen LogP contribution < -0.4 is 0 Å². The van der Waals surface area contributed by atoms with Crippen LogP contribution in [0.4, 0.5) is 0 Å². The van der Waals surface area contributed by atoms with Crippen LogP contribution in [0, 0.1) is 12.8 Å². The lowest BCUT2D eigenvalue weighted by Gasteiger charge is -2.13. The van der Waals surface area contributed by atoms with Crippen LogP contribution in [0.2, 0.25) is 0 Å². The molecule has 0 N–H and O–H groups in total. The van der Waals surface area contributed by atoms with Crippen molar-refractivity contribution in [1.82, 2.24) is 14.5 Å². The lowest BCUT2D eigenvalue weighted by Crippen LogP contribution is -2.02. The van der Waals surface area contributed by atoms with E-state index < -0.39 is 0 Å². The second-order valence-electron chi connectivity index (χ2n) is 6.39. The predicted octanol–water partition coefficient (Wildman–Crippen LogP) is 4.82. The molecule has 0 aliphatic heterocycles. The van der Waals surface area contributed by atoms with Crippen LogP contribution in [0.15, 0.2) is 55.0 Å². The number of fused-ring (bicyclic) bond motifs is 1. The van der Waals surface area contributed by atoms with E-state index in [0.29, 0.717) is 5.92 Å². The molecule has 23 heavy (non-hydrogen) atoms. The van der Waals surface area contributed by atoms with Crippen LogP contribution in [0.1, 0.15) is 36.9 Å². The Balaban J connectivity index is 1.86. The standard InChI is InChI=1S/C20H21N3/c1-15-8-9-18(14-22-15)19(13-16-5-2-3-6-16)23-12-10-17-7-4-11-21-20(17)23/h4,7-14,16H,2-3,5-6H2,1H3. The minimum absolute atomic E-state index is 0.660. The summed E-state index contributed by atoms with van der Waals surface area (Å²) in [6.07, 6.45) is 13.6. The molecule has 0 unspecified atom stereocenters. The molecule has 0 atom stereocenters. The van der Waals surface area contributed by atoms with Gasteiger partial charge in [0.25, 0.3) is 0 Å². The van der Waals surface area contributed by atoms with Gasteiger partial charge in [-0.3, -0.25) is 4.98 Å². The van der Waals surface area contributed by atoms with E-state index in [1.54, 1.807) is 0 Å². The largest absolute Gasteiger partial charge is 0.301 e. The highest BCUT2D eigenvalue weighted by Crippen LogP contribution is 2.31. The fourth-order valence-electron chi connectivity index (χ4n) is 3.44. The first-order valence-corrected chi connectivity index (χ1v) is 8.38. The molecular weight excluding hydrogens is 282 g/mol. The number of hydrogen-bond acceptors (Lipinski definition) is 2. The number of pyridine rings is 2. The number of allylic oxidation sites excluding steroid dienone is 1. The average molecular weight is 303 g/mol. The first-order valence-electron chi connectivity index (χ1n) is 8.38. The Morgan fingerprint density at radius 3 is 2.78 bits per heavy atom. The second kappa shape index (κ2) is 5.99. The average Bonchev–Trinajstić information content (AvgIpc) is 3.23. The zero-order valence-electron chi connectivity index (χ0n) is 13.4. The normalized spacial score (nSPS) is 16.3. The smallest absolute Gasteiger partial charge is 0.144 e. The summed E-state index contributed by atoms with van der Waals surface area (Å²) in [5, 5.41) is 1.17. The third kappa shape index (κ3) is 2.79. The van der Waals surface area contributed by atoms with Crippen molar-refractivity contribution in [2.75, 3.05) is 0 Å². The van der Waals surface area contributed by atoms with E-state index in [1.807, 2.05) is 25.4 Å². The van der Waals surface area contributed by atoms with Gasteiger partial charge in [-0.1, -0.05) is 18.9 Å². The van der Waals surface area contributed by atoms with E-state index in [9.17, 15) is 0 Å². The van der Waals surface area contributed by atoms with Crippen molar-refractivity contribution in [2.24, 2.45) is 5.92 Å². The number of aryl methyl sites for hydroxylation is 1. The monoisotopic (exact) mass is 303 g/mol. The highest BCUT2D eigenvalue weighted by molar-refractivity contribution is 5.82. The van der Waals surface area contributed by atoms with E-state index in [2.05, 4.69) is 51.1 Å².